The molecular formula is C24H36N4O4. The topological polar surface area (TPSA) is 86.6 Å². The molecule has 2 N–H and O–H groups in total. The van der Waals surface area contributed by atoms with Crippen LogP contribution in [0.3, 0.4) is 0 Å². The van der Waals surface area contributed by atoms with Gasteiger partial charge in [0.25, 0.3) is 0 Å². The third-order valence-corrected chi connectivity index (χ3v) is 6.65. The first-order chi connectivity index (χ1) is 15.4. The van der Waals surface area contributed by atoms with Gasteiger partial charge in [-0.25, -0.2) is 0 Å². The Morgan fingerprint density at radius 2 is 1.88 bits per heavy atom. The average molecular weight is 445 g/mol. The number of carboxylic acids is 1. The molecule has 4 atom stereocenters. The molecule has 0 spiro atoms. The molecule has 32 heavy (non-hydrogen) atoms. The van der Waals surface area contributed by atoms with Crippen molar-refractivity contribution in [3.8, 4) is 0 Å². The number of hydrogen-bond acceptors (Lipinski definition) is 7. The maximum absolute atomic E-state index is 10.9. The van der Waals surface area contributed by atoms with Crippen molar-refractivity contribution in [1.29, 1.82) is 0 Å². The van der Waals surface area contributed by atoms with Crippen LogP contribution in [0.15, 0.2) is 29.4 Å². The van der Waals surface area contributed by atoms with Crippen molar-refractivity contribution in [3.05, 3.63) is 35.4 Å². The number of hydrazone groups is 1. The summed E-state index contributed by atoms with van der Waals surface area (Å²) in [4.78, 5) is 18.8. The summed E-state index contributed by atoms with van der Waals surface area (Å²) < 4.78 is 5.76. The summed E-state index contributed by atoms with van der Waals surface area (Å²) in [5.41, 5.74) is 5.53. The zero-order valence-electron chi connectivity index (χ0n) is 19.2. The van der Waals surface area contributed by atoms with Gasteiger partial charge < -0.3 is 9.84 Å². The fourth-order valence-electron chi connectivity index (χ4n) is 5.04. The Kier molecular flexibility index (Phi) is 7.78. The van der Waals surface area contributed by atoms with E-state index >= 15 is 0 Å². The van der Waals surface area contributed by atoms with E-state index in [0.29, 0.717) is 5.92 Å². The SMILES string of the molecule is C[C@@H]1CN(N=Cc2ccc(C3CC(CC4CCN(CC(=O)O)CC4)ON3)cc2)C[C@H](C)O1. The maximum atomic E-state index is 10.9. The van der Waals surface area contributed by atoms with Crippen molar-refractivity contribution in [2.75, 3.05) is 32.7 Å². The number of hydroxylamine groups is 1. The second-order valence-electron chi connectivity index (χ2n) is 9.54. The van der Waals surface area contributed by atoms with E-state index in [1.54, 1.807) is 0 Å². The zero-order valence-corrected chi connectivity index (χ0v) is 19.2. The monoisotopic (exact) mass is 444 g/mol. The van der Waals surface area contributed by atoms with E-state index in [1.165, 1.54) is 5.56 Å². The summed E-state index contributed by atoms with van der Waals surface area (Å²) in [5, 5.41) is 15.7. The van der Waals surface area contributed by atoms with Gasteiger partial charge >= 0.3 is 5.97 Å². The zero-order chi connectivity index (χ0) is 22.5. The highest BCUT2D eigenvalue weighted by molar-refractivity contribution is 5.79. The molecule has 4 rings (SSSR count). The molecule has 0 radical (unpaired) electrons. The van der Waals surface area contributed by atoms with Crippen LogP contribution in [0.25, 0.3) is 0 Å². The van der Waals surface area contributed by atoms with Gasteiger partial charge in [0.15, 0.2) is 0 Å². The maximum Gasteiger partial charge on any atom is 0.317 e. The normalized spacial score (nSPS) is 30.2. The Morgan fingerprint density at radius 1 is 1.19 bits per heavy atom. The average Bonchev–Trinajstić information content (AvgIpc) is 3.21. The Morgan fingerprint density at radius 3 is 2.53 bits per heavy atom. The number of nitrogens with zero attached hydrogens (tertiary/aromatic N) is 3. The first-order valence-electron chi connectivity index (χ1n) is 11.8. The van der Waals surface area contributed by atoms with Gasteiger partial charge in [-0.15, -0.1) is 0 Å². The van der Waals surface area contributed by atoms with Crippen molar-refractivity contribution in [1.82, 2.24) is 15.4 Å². The second-order valence-corrected chi connectivity index (χ2v) is 9.54. The first kappa shape index (κ1) is 23.2. The van der Waals surface area contributed by atoms with Crippen LogP contribution in [0.1, 0.15) is 56.7 Å². The molecule has 3 aliphatic rings. The number of morpholine rings is 1. The standard InChI is InChI=1S/C24H36N4O4/c1-17-14-28(15-18(2)31-17)25-13-20-3-5-21(6-4-20)23-12-22(32-26-23)11-19-7-9-27(10-8-19)16-24(29)30/h3-6,13,17-19,22-23,26H,7-12,14-16H2,1-2H3,(H,29,30)/t17-,18+,22?,23?. The minimum atomic E-state index is -0.739. The Balaban J connectivity index is 1.22. The van der Waals surface area contributed by atoms with Crippen molar-refractivity contribution in [3.63, 3.8) is 0 Å². The van der Waals surface area contributed by atoms with Crippen LogP contribution in [0, 0.1) is 5.92 Å². The van der Waals surface area contributed by atoms with Crippen LogP contribution >= 0.6 is 0 Å². The Labute approximate surface area is 190 Å². The summed E-state index contributed by atoms with van der Waals surface area (Å²) >= 11 is 0. The van der Waals surface area contributed by atoms with Gasteiger partial charge in [0.1, 0.15) is 0 Å². The second kappa shape index (κ2) is 10.7. The highest BCUT2D eigenvalue weighted by Gasteiger charge is 2.30. The molecule has 1 aromatic carbocycles. The number of carbonyl (C=O) groups is 1. The van der Waals surface area contributed by atoms with Crippen LogP contribution in [0.2, 0.25) is 0 Å². The molecule has 1 aromatic rings. The highest BCUT2D eigenvalue weighted by Crippen LogP contribution is 2.31. The van der Waals surface area contributed by atoms with E-state index in [1.807, 2.05) is 11.1 Å². The molecule has 0 aliphatic carbocycles. The van der Waals surface area contributed by atoms with E-state index in [2.05, 4.69) is 53.7 Å². The van der Waals surface area contributed by atoms with Crippen LogP contribution in [-0.4, -0.2) is 78.2 Å². The van der Waals surface area contributed by atoms with Crippen molar-refractivity contribution >= 4 is 12.2 Å². The largest absolute Gasteiger partial charge is 0.480 e. The minimum Gasteiger partial charge on any atom is -0.480 e. The number of aliphatic carboxylic acids is 1. The van der Waals surface area contributed by atoms with Crippen molar-refractivity contribution in [2.45, 2.75) is 63.9 Å². The van der Waals surface area contributed by atoms with Crippen LogP contribution < -0.4 is 5.48 Å². The number of likely N-dealkylation sites (tertiary alicyclic amines) is 1. The molecule has 3 saturated heterocycles. The number of ether oxygens (including phenoxy) is 1. The van der Waals surface area contributed by atoms with Gasteiger partial charge in [0, 0.05) is 0 Å². The molecule has 0 bridgehead atoms. The fraction of sp³-hybridized carbons (Fsp3) is 0.667. The Hall–Kier alpha value is -2.00. The van der Waals surface area contributed by atoms with E-state index in [-0.39, 0.29) is 30.9 Å². The van der Waals surface area contributed by atoms with Crippen LogP contribution in [0.4, 0.5) is 0 Å². The predicted molar refractivity (Wildman–Crippen MR) is 122 cm³/mol. The molecule has 0 aromatic heterocycles. The third-order valence-electron chi connectivity index (χ3n) is 6.65. The number of rotatable bonds is 7. The summed E-state index contributed by atoms with van der Waals surface area (Å²) in [5.74, 6) is -0.132. The number of nitrogens with one attached hydrogen (secondary N) is 1. The molecule has 0 saturated carbocycles. The minimum absolute atomic E-state index is 0.154. The number of benzene rings is 1. The molecule has 0 amide bonds. The predicted octanol–water partition coefficient (Wildman–Crippen LogP) is 2.65. The highest BCUT2D eigenvalue weighted by atomic mass is 16.7. The van der Waals surface area contributed by atoms with Crippen LogP contribution in [-0.2, 0) is 14.4 Å². The van der Waals surface area contributed by atoms with Gasteiger partial charge in [0.05, 0.1) is 50.2 Å². The van der Waals surface area contributed by atoms with Crippen LogP contribution in [0.5, 0.6) is 0 Å². The molecular weight excluding hydrogens is 408 g/mol. The van der Waals surface area contributed by atoms with Crippen molar-refractivity contribution < 1.29 is 19.5 Å². The first-order valence-corrected chi connectivity index (χ1v) is 11.8. The van der Waals surface area contributed by atoms with Gasteiger partial charge in [-0.2, -0.15) is 10.6 Å². The van der Waals surface area contributed by atoms with E-state index < -0.39 is 5.97 Å². The summed E-state index contributed by atoms with van der Waals surface area (Å²) in [6.45, 7) is 7.70. The number of carboxylic acid groups (broad SMARTS) is 1. The lowest BCUT2D eigenvalue weighted by molar-refractivity contribution is -0.138. The van der Waals surface area contributed by atoms with Gasteiger partial charge in [-0.3, -0.25) is 19.5 Å². The molecule has 8 nitrogen and oxygen atoms in total. The molecule has 3 fully saturated rings. The lowest BCUT2D eigenvalue weighted by Crippen LogP contribution is -2.42. The van der Waals surface area contributed by atoms with Crippen molar-refractivity contribution in [2.24, 2.45) is 11.0 Å². The summed E-state index contributed by atoms with van der Waals surface area (Å²) in [6.07, 6.45) is 6.64. The molecule has 2 unspecified atom stereocenters. The molecule has 176 valence electrons. The van der Waals surface area contributed by atoms with Gasteiger partial charge in [-0.05, 0) is 69.7 Å². The number of piperidine rings is 1. The summed E-state index contributed by atoms with van der Waals surface area (Å²) in [6, 6.07) is 8.73. The van der Waals surface area contributed by atoms with Gasteiger partial charge in [0.2, 0.25) is 0 Å². The third kappa shape index (κ3) is 6.51. The lowest BCUT2D eigenvalue weighted by Gasteiger charge is -2.33. The van der Waals surface area contributed by atoms with E-state index in [0.717, 1.165) is 57.4 Å². The molecule has 3 heterocycles. The summed E-state index contributed by atoms with van der Waals surface area (Å²) in [7, 11) is 0. The molecule has 8 heteroatoms. The fourth-order valence-corrected chi connectivity index (χ4v) is 5.04. The smallest absolute Gasteiger partial charge is 0.317 e. The molecule has 3 aliphatic heterocycles. The van der Waals surface area contributed by atoms with E-state index in [4.69, 9.17) is 14.7 Å². The van der Waals surface area contributed by atoms with Gasteiger partial charge in [-0.1, -0.05) is 24.3 Å². The van der Waals surface area contributed by atoms with E-state index in [9.17, 15) is 4.79 Å². The quantitative estimate of drug-likeness (QED) is 0.625. The number of hydrogen-bond donors (Lipinski definition) is 2. The Bertz CT molecular complexity index is 769. The lowest BCUT2D eigenvalue weighted by atomic mass is 9.89.